The van der Waals surface area contributed by atoms with Crippen molar-refractivity contribution in [3.63, 3.8) is 0 Å². The molecule has 4 nitrogen and oxygen atoms in total. The highest BCUT2D eigenvalue weighted by molar-refractivity contribution is 9.10. The highest BCUT2D eigenvalue weighted by Gasteiger charge is 2.17. The normalized spacial score (nSPS) is 18.2. The third-order valence-corrected chi connectivity index (χ3v) is 3.45. The molecule has 2 rings (SSSR count). The summed E-state index contributed by atoms with van der Waals surface area (Å²) in [5.41, 5.74) is 0.728. The zero-order chi connectivity index (χ0) is 12.3. The number of hydrogen-bond donors (Lipinski definition) is 0. The lowest BCUT2D eigenvalue weighted by atomic mass is 10.1. The minimum atomic E-state index is 0.164. The van der Waals surface area contributed by atoms with Crippen molar-refractivity contribution in [3.8, 4) is 0 Å². The van der Waals surface area contributed by atoms with Crippen molar-refractivity contribution < 1.29 is 4.79 Å². The maximum atomic E-state index is 12.0. The standard InChI is InChI=1S/C12H16BrN3O/c1-15-4-6-16(7-5-15)9-11(17)10-2-3-14-12(13)8-10/h2-3,8H,4-7,9H2,1H3. The number of hydrogen-bond acceptors (Lipinski definition) is 4. The van der Waals surface area contributed by atoms with Crippen molar-refractivity contribution in [3.05, 3.63) is 28.5 Å². The summed E-state index contributed by atoms with van der Waals surface area (Å²) in [5, 5.41) is 0. The number of aromatic nitrogens is 1. The minimum Gasteiger partial charge on any atom is -0.304 e. The largest absolute Gasteiger partial charge is 0.304 e. The Bertz CT molecular complexity index is 402. The lowest BCUT2D eigenvalue weighted by molar-refractivity contribution is 0.0876. The summed E-state index contributed by atoms with van der Waals surface area (Å²) in [7, 11) is 2.11. The Morgan fingerprint density at radius 1 is 1.41 bits per heavy atom. The van der Waals surface area contributed by atoms with Crippen molar-refractivity contribution in [1.82, 2.24) is 14.8 Å². The van der Waals surface area contributed by atoms with E-state index < -0.39 is 0 Å². The molecule has 92 valence electrons. The van der Waals surface area contributed by atoms with Gasteiger partial charge in [0.05, 0.1) is 6.54 Å². The maximum absolute atomic E-state index is 12.0. The van der Waals surface area contributed by atoms with E-state index in [1.807, 2.05) is 0 Å². The van der Waals surface area contributed by atoms with E-state index in [1.165, 1.54) is 0 Å². The van der Waals surface area contributed by atoms with E-state index in [9.17, 15) is 4.79 Å². The van der Waals surface area contributed by atoms with Crippen LogP contribution in [0.15, 0.2) is 22.9 Å². The van der Waals surface area contributed by atoms with Crippen LogP contribution >= 0.6 is 15.9 Å². The molecule has 0 bridgehead atoms. The molecule has 0 spiro atoms. The summed E-state index contributed by atoms with van der Waals surface area (Å²) < 4.78 is 0.710. The van der Waals surface area contributed by atoms with E-state index in [0.29, 0.717) is 11.1 Å². The number of likely N-dealkylation sites (N-methyl/N-ethyl adjacent to an activating group) is 1. The Kier molecular flexibility index (Phi) is 4.25. The monoisotopic (exact) mass is 297 g/mol. The molecule has 2 heterocycles. The second-order valence-corrected chi connectivity index (χ2v) is 5.18. The lowest BCUT2D eigenvalue weighted by Crippen LogP contribution is -2.46. The smallest absolute Gasteiger partial charge is 0.176 e. The topological polar surface area (TPSA) is 36.4 Å². The quantitative estimate of drug-likeness (QED) is 0.622. The first-order valence-electron chi connectivity index (χ1n) is 5.71. The highest BCUT2D eigenvalue weighted by Crippen LogP contribution is 2.10. The van der Waals surface area contributed by atoms with Crippen LogP contribution in [0.1, 0.15) is 10.4 Å². The van der Waals surface area contributed by atoms with Gasteiger partial charge < -0.3 is 4.90 Å². The number of rotatable bonds is 3. The summed E-state index contributed by atoms with van der Waals surface area (Å²) in [4.78, 5) is 20.6. The van der Waals surface area contributed by atoms with Crippen LogP contribution < -0.4 is 0 Å². The lowest BCUT2D eigenvalue weighted by Gasteiger charge is -2.31. The molecule has 1 aliphatic heterocycles. The summed E-state index contributed by atoms with van der Waals surface area (Å²) in [5.74, 6) is 0.164. The molecule has 0 atom stereocenters. The fraction of sp³-hybridized carbons (Fsp3) is 0.500. The molecule has 1 aromatic rings. The number of piperazine rings is 1. The van der Waals surface area contributed by atoms with Crippen molar-refractivity contribution >= 4 is 21.7 Å². The number of carbonyl (C=O) groups excluding carboxylic acids is 1. The Morgan fingerprint density at radius 2 is 2.12 bits per heavy atom. The molecule has 1 fully saturated rings. The van der Waals surface area contributed by atoms with Gasteiger partial charge in [0.1, 0.15) is 4.60 Å². The van der Waals surface area contributed by atoms with Gasteiger partial charge in [-0.3, -0.25) is 9.69 Å². The molecule has 0 unspecified atom stereocenters. The first-order chi connectivity index (χ1) is 8.15. The fourth-order valence-electron chi connectivity index (χ4n) is 1.88. The fourth-order valence-corrected chi connectivity index (χ4v) is 2.24. The number of ketones is 1. The van der Waals surface area contributed by atoms with Gasteiger partial charge in [0.15, 0.2) is 5.78 Å². The van der Waals surface area contributed by atoms with Crippen LogP contribution in [0, 0.1) is 0 Å². The molecule has 0 aromatic carbocycles. The Labute approximate surface area is 110 Å². The van der Waals surface area contributed by atoms with E-state index in [1.54, 1.807) is 18.3 Å². The number of halogens is 1. The van der Waals surface area contributed by atoms with Crippen LogP contribution in [0.5, 0.6) is 0 Å². The van der Waals surface area contributed by atoms with Gasteiger partial charge in [-0.2, -0.15) is 0 Å². The Hall–Kier alpha value is -0.780. The van der Waals surface area contributed by atoms with Crippen LogP contribution in [-0.2, 0) is 0 Å². The molecule has 0 amide bonds. The van der Waals surface area contributed by atoms with Gasteiger partial charge in [0.2, 0.25) is 0 Å². The summed E-state index contributed by atoms with van der Waals surface area (Å²) in [6, 6.07) is 3.54. The Morgan fingerprint density at radius 3 is 2.76 bits per heavy atom. The molecular weight excluding hydrogens is 282 g/mol. The van der Waals surface area contributed by atoms with E-state index in [-0.39, 0.29) is 5.78 Å². The predicted octanol–water partition coefficient (Wildman–Crippen LogP) is 1.27. The van der Waals surface area contributed by atoms with Gasteiger partial charge in [-0.1, -0.05) is 0 Å². The molecule has 1 saturated heterocycles. The average Bonchev–Trinajstić information content (AvgIpc) is 2.32. The van der Waals surface area contributed by atoms with Gasteiger partial charge in [0.25, 0.3) is 0 Å². The number of carbonyl (C=O) groups is 1. The van der Waals surface area contributed by atoms with Gasteiger partial charge in [-0.05, 0) is 35.1 Å². The minimum absolute atomic E-state index is 0.164. The van der Waals surface area contributed by atoms with Crippen LogP contribution in [0.2, 0.25) is 0 Å². The first kappa shape index (κ1) is 12.7. The van der Waals surface area contributed by atoms with Crippen molar-refractivity contribution in [2.24, 2.45) is 0 Å². The third kappa shape index (κ3) is 3.59. The summed E-state index contributed by atoms with van der Waals surface area (Å²) in [6.45, 7) is 4.51. The first-order valence-corrected chi connectivity index (χ1v) is 6.50. The van der Waals surface area contributed by atoms with Gasteiger partial charge in [-0.15, -0.1) is 0 Å². The number of pyridine rings is 1. The summed E-state index contributed by atoms with van der Waals surface area (Å²) >= 11 is 3.28. The summed E-state index contributed by atoms with van der Waals surface area (Å²) in [6.07, 6.45) is 1.65. The van der Waals surface area contributed by atoms with E-state index in [0.717, 1.165) is 31.7 Å². The molecule has 0 aliphatic carbocycles. The van der Waals surface area contributed by atoms with Gasteiger partial charge in [-0.25, -0.2) is 4.98 Å². The third-order valence-electron chi connectivity index (χ3n) is 3.01. The second kappa shape index (κ2) is 5.71. The van der Waals surface area contributed by atoms with Crippen molar-refractivity contribution in [2.75, 3.05) is 39.8 Å². The van der Waals surface area contributed by atoms with Crippen LogP contribution in [0.3, 0.4) is 0 Å². The maximum Gasteiger partial charge on any atom is 0.176 e. The molecule has 0 N–H and O–H groups in total. The van der Waals surface area contributed by atoms with E-state index >= 15 is 0 Å². The zero-order valence-electron chi connectivity index (χ0n) is 9.90. The average molecular weight is 298 g/mol. The van der Waals surface area contributed by atoms with Crippen LogP contribution in [0.4, 0.5) is 0 Å². The zero-order valence-corrected chi connectivity index (χ0v) is 11.5. The van der Waals surface area contributed by atoms with Crippen LogP contribution in [-0.4, -0.2) is 60.3 Å². The highest BCUT2D eigenvalue weighted by atomic mass is 79.9. The predicted molar refractivity (Wildman–Crippen MR) is 70.2 cm³/mol. The molecule has 17 heavy (non-hydrogen) atoms. The van der Waals surface area contributed by atoms with Gasteiger partial charge in [0, 0.05) is 37.9 Å². The van der Waals surface area contributed by atoms with Crippen molar-refractivity contribution in [1.29, 1.82) is 0 Å². The van der Waals surface area contributed by atoms with E-state index in [4.69, 9.17) is 0 Å². The van der Waals surface area contributed by atoms with E-state index in [2.05, 4.69) is 37.8 Å². The Balaban J connectivity index is 1.93. The second-order valence-electron chi connectivity index (χ2n) is 4.37. The SMILES string of the molecule is CN1CCN(CC(=O)c2ccnc(Br)c2)CC1. The molecule has 5 heteroatoms. The molecule has 1 aliphatic rings. The van der Waals surface area contributed by atoms with Crippen molar-refractivity contribution in [2.45, 2.75) is 0 Å². The molecular formula is C12H16BrN3O. The van der Waals surface area contributed by atoms with Gasteiger partial charge >= 0.3 is 0 Å². The number of Topliss-reactive ketones (excluding diaryl/α,β-unsaturated/α-hetero) is 1. The molecule has 1 aromatic heterocycles. The van der Waals surface area contributed by atoms with Crippen LogP contribution in [0.25, 0.3) is 0 Å². The molecule has 0 radical (unpaired) electrons. The molecule has 0 saturated carbocycles. The number of nitrogens with zero attached hydrogens (tertiary/aromatic N) is 3.